The molecule has 0 spiro atoms. The van der Waals surface area contributed by atoms with Crippen LogP contribution in [0.2, 0.25) is 0 Å². The van der Waals surface area contributed by atoms with Crippen molar-refractivity contribution in [3.05, 3.63) is 76.8 Å². The van der Waals surface area contributed by atoms with Crippen LogP contribution >= 0.6 is 11.3 Å². The van der Waals surface area contributed by atoms with Crippen LogP contribution in [0.1, 0.15) is 39.3 Å². The van der Waals surface area contributed by atoms with E-state index in [2.05, 4.69) is 34.7 Å². The van der Waals surface area contributed by atoms with E-state index in [1.165, 1.54) is 10.3 Å². The maximum absolute atomic E-state index is 12.9. The Balaban J connectivity index is 1.27. The molecular formula is C28H26N2O4S. The molecule has 1 aliphatic heterocycles. The van der Waals surface area contributed by atoms with E-state index in [0.29, 0.717) is 22.8 Å². The molecule has 3 heterocycles. The van der Waals surface area contributed by atoms with Gasteiger partial charge in [-0.15, -0.1) is 11.3 Å². The number of hydrogen-bond donors (Lipinski definition) is 1. The number of carbonyl (C=O) groups excluding carboxylic acids is 2. The first-order chi connectivity index (χ1) is 17.0. The van der Waals surface area contributed by atoms with Crippen molar-refractivity contribution in [2.24, 2.45) is 0 Å². The summed E-state index contributed by atoms with van der Waals surface area (Å²) < 4.78 is 12.5. The maximum Gasteiger partial charge on any atom is 0.181 e. The molecule has 35 heavy (non-hydrogen) atoms. The Morgan fingerprint density at radius 1 is 1.03 bits per heavy atom. The third-order valence-corrected chi connectivity index (χ3v) is 7.34. The van der Waals surface area contributed by atoms with Crippen molar-refractivity contribution in [1.82, 2.24) is 10.3 Å². The van der Waals surface area contributed by atoms with Gasteiger partial charge in [0.2, 0.25) is 0 Å². The second-order valence-corrected chi connectivity index (χ2v) is 9.50. The SMILES string of the molecule is COc1cc(C(=O)CCC(=O)c2cccc(-c3csc4c(C)cccc34)n2)ccc1OC1CNC1. The number of benzene rings is 2. The quantitative estimate of drug-likeness (QED) is 0.316. The highest BCUT2D eigenvalue weighted by Gasteiger charge is 2.21. The minimum atomic E-state index is -0.152. The van der Waals surface area contributed by atoms with E-state index in [-0.39, 0.29) is 30.5 Å². The number of ketones is 2. The molecule has 0 radical (unpaired) electrons. The van der Waals surface area contributed by atoms with Gasteiger partial charge in [0.05, 0.1) is 12.8 Å². The van der Waals surface area contributed by atoms with E-state index < -0.39 is 0 Å². The second-order valence-electron chi connectivity index (χ2n) is 8.62. The molecule has 0 aliphatic carbocycles. The summed E-state index contributed by atoms with van der Waals surface area (Å²) in [6, 6.07) is 16.8. The highest BCUT2D eigenvalue weighted by molar-refractivity contribution is 7.18. The second kappa shape index (κ2) is 9.98. The minimum absolute atomic E-state index is 0.0904. The molecule has 0 unspecified atom stereocenters. The number of thiophene rings is 1. The van der Waals surface area contributed by atoms with Gasteiger partial charge in [0.15, 0.2) is 23.1 Å². The van der Waals surface area contributed by atoms with Crippen LogP contribution in [0.3, 0.4) is 0 Å². The van der Waals surface area contributed by atoms with E-state index in [1.807, 2.05) is 18.2 Å². The fraction of sp³-hybridized carbons (Fsp3) is 0.250. The average Bonchev–Trinajstić information content (AvgIpc) is 3.30. The fourth-order valence-electron chi connectivity index (χ4n) is 4.10. The van der Waals surface area contributed by atoms with Gasteiger partial charge in [-0.2, -0.15) is 0 Å². The Hall–Kier alpha value is -3.55. The van der Waals surface area contributed by atoms with Crippen molar-refractivity contribution >= 4 is 33.0 Å². The molecule has 1 N–H and O–H groups in total. The summed E-state index contributed by atoms with van der Waals surface area (Å²) in [5.74, 6) is 0.856. The standard InChI is InChI=1S/C28H26N2O4S/c1-17-5-3-6-20-21(16-35-28(17)20)22-7-4-8-23(30-22)25(32)11-10-24(31)18-9-12-26(27(13-18)33-2)34-19-14-29-15-19/h3-9,12-13,16,19,29H,10-11,14-15H2,1-2H3. The van der Waals surface area contributed by atoms with E-state index in [9.17, 15) is 9.59 Å². The summed E-state index contributed by atoms with van der Waals surface area (Å²) >= 11 is 1.68. The third-order valence-electron chi connectivity index (χ3n) is 6.21. The van der Waals surface area contributed by atoms with Crippen molar-refractivity contribution < 1.29 is 19.1 Å². The lowest BCUT2D eigenvalue weighted by Crippen LogP contribution is -2.50. The summed E-state index contributed by atoms with van der Waals surface area (Å²) in [6.45, 7) is 3.68. The zero-order valence-corrected chi connectivity index (χ0v) is 20.5. The zero-order chi connectivity index (χ0) is 24.4. The predicted octanol–water partition coefficient (Wildman–Crippen LogP) is 5.48. The lowest BCUT2D eigenvalue weighted by molar-refractivity contribution is 0.0914. The van der Waals surface area contributed by atoms with Crippen molar-refractivity contribution in [2.75, 3.05) is 20.2 Å². The minimum Gasteiger partial charge on any atom is -0.493 e. The summed E-state index contributed by atoms with van der Waals surface area (Å²) in [4.78, 5) is 30.3. The predicted molar refractivity (Wildman–Crippen MR) is 138 cm³/mol. The molecule has 0 amide bonds. The van der Waals surface area contributed by atoms with Gasteiger partial charge in [0.1, 0.15) is 11.8 Å². The molecule has 7 heteroatoms. The van der Waals surface area contributed by atoms with Gasteiger partial charge < -0.3 is 14.8 Å². The topological polar surface area (TPSA) is 77.5 Å². The summed E-state index contributed by atoms with van der Waals surface area (Å²) in [5, 5.41) is 6.37. The third kappa shape index (κ3) is 4.83. The molecule has 0 atom stereocenters. The number of nitrogens with zero attached hydrogens (tertiary/aromatic N) is 1. The molecule has 4 aromatic rings. The first kappa shape index (κ1) is 23.2. The number of pyridine rings is 1. The number of aromatic nitrogens is 1. The highest BCUT2D eigenvalue weighted by atomic mass is 32.1. The van der Waals surface area contributed by atoms with Crippen LogP contribution in [-0.4, -0.2) is 42.9 Å². The average molecular weight is 487 g/mol. The summed E-state index contributed by atoms with van der Waals surface area (Å²) in [6.07, 6.45) is 0.302. The van der Waals surface area contributed by atoms with Crippen molar-refractivity contribution in [1.29, 1.82) is 0 Å². The molecule has 6 nitrogen and oxygen atoms in total. The normalized spacial score (nSPS) is 13.4. The number of fused-ring (bicyclic) bond motifs is 1. The van der Waals surface area contributed by atoms with Crippen molar-refractivity contribution in [3.8, 4) is 22.8 Å². The first-order valence-electron chi connectivity index (χ1n) is 11.6. The monoisotopic (exact) mass is 486 g/mol. The van der Waals surface area contributed by atoms with Gasteiger partial charge in [-0.3, -0.25) is 9.59 Å². The smallest absolute Gasteiger partial charge is 0.181 e. The number of hydrogen-bond acceptors (Lipinski definition) is 7. The molecule has 5 rings (SSSR count). The van der Waals surface area contributed by atoms with E-state index in [1.54, 1.807) is 42.7 Å². The number of ether oxygens (including phenoxy) is 2. The molecule has 1 fully saturated rings. The Morgan fingerprint density at radius 2 is 1.83 bits per heavy atom. The number of Topliss-reactive ketones (excluding diaryl/α,β-unsaturated/α-hetero) is 2. The molecule has 1 saturated heterocycles. The van der Waals surface area contributed by atoms with Gasteiger partial charge in [-0.25, -0.2) is 4.98 Å². The number of methoxy groups -OCH3 is 1. The van der Waals surface area contributed by atoms with E-state index in [0.717, 1.165) is 29.7 Å². The van der Waals surface area contributed by atoms with Crippen LogP contribution in [-0.2, 0) is 0 Å². The van der Waals surface area contributed by atoms with Crippen molar-refractivity contribution in [3.63, 3.8) is 0 Å². The van der Waals surface area contributed by atoms with Crippen LogP contribution in [0.5, 0.6) is 11.5 Å². The molecule has 2 aromatic heterocycles. The zero-order valence-electron chi connectivity index (χ0n) is 19.7. The Morgan fingerprint density at radius 3 is 2.60 bits per heavy atom. The van der Waals surface area contributed by atoms with Gasteiger partial charge in [0.25, 0.3) is 0 Å². The Bertz CT molecular complexity index is 1410. The molecular weight excluding hydrogens is 460 g/mol. The van der Waals surface area contributed by atoms with Gasteiger partial charge >= 0.3 is 0 Å². The summed E-state index contributed by atoms with van der Waals surface area (Å²) in [7, 11) is 1.55. The number of aryl methyl sites for hydroxylation is 1. The molecule has 0 saturated carbocycles. The fourth-order valence-corrected chi connectivity index (χ4v) is 5.15. The Labute approximate surface area is 207 Å². The Kier molecular flexibility index (Phi) is 6.61. The lowest BCUT2D eigenvalue weighted by Gasteiger charge is -2.28. The number of nitrogens with one attached hydrogen (secondary N) is 1. The molecule has 178 valence electrons. The van der Waals surface area contributed by atoms with Crippen LogP contribution in [0.4, 0.5) is 0 Å². The maximum atomic E-state index is 12.9. The van der Waals surface area contributed by atoms with Gasteiger partial charge in [-0.1, -0.05) is 24.3 Å². The number of carbonyl (C=O) groups is 2. The van der Waals surface area contributed by atoms with Gasteiger partial charge in [-0.05, 0) is 42.8 Å². The molecule has 1 aliphatic rings. The van der Waals surface area contributed by atoms with Crippen molar-refractivity contribution in [2.45, 2.75) is 25.9 Å². The molecule has 0 bridgehead atoms. The summed E-state index contributed by atoms with van der Waals surface area (Å²) in [5.41, 5.74) is 3.88. The van der Waals surface area contributed by atoms with Crippen LogP contribution in [0.15, 0.2) is 60.0 Å². The van der Waals surface area contributed by atoms with Crippen LogP contribution < -0.4 is 14.8 Å². The van der Waals surface area contributed by atoms with E-state index in [4.69, 9.17) is 9.47 Å². The highest BCUT2D eigenvalue weighted by Crippen LogP contribution is 2.35. The lowest BCUT2D eigenvalue weighted by atomic mass is 10.0. The van der Waals surface area contributed by atoms with Crippen LogP contribution in [0, 0.1) is 6.92 Å². The first-order valence-corrected chi connectivity index (χ1v) is 12.5. The van der Waals surface area contributed by atoms with E-state index >= 15 is 0 Å². The molecule has 2 aromatic carbocycles. The van der Waals surface area contributed by atoms with Gasteiger partial charge in [0, 0.05) is 52.5 Å². The number of rotatable bonds is 9. The largest absolute Gasteiger partial charge is 0.493 e. The van der Waals surface area contributed by atoms with Crippen LogP contribution in [0.25, 0.3) is 21.3 Å².